The predicted molar refractivity (Wildman–Crippen MR) is 165 cm³/mol. The first kappa shape index (κ1) is 30.1. The molecule has 5 aliphatic rings. The summed E-state index contributed by atoms with van der Waals surface area (Å²) in [4.78, 5) is 0. The lowest BCUT2D eigenvalue weighted by Gasteiger charge is -2.48. The average molecular weight is 643 g/mol. The molecule has 0 radical (unpaired) electrons. The van der Waals surface area contributed by atoms with Gasteiger partial charge in [-0.1, -0.05) is 65.7 Å². The van der Waals surface area contributed by atoms with Crippen molar-refractivity contribution in [2.24, 2.45) is 53.3 Å². The number of hydrogen-bond donors (Lipinski definition) is 0. The van der Waals surface area contributed by atoms with Crippen LogP contribution in [-0.2, 0) is 12.5 Å². The van der Waals surface area contributed by atoms with E-state index in [1.165, 1.54) is 96.3 Å². The lowest BCUT2D eigenvalue weighted by Crippen LogP contribution is -2.45. The van der Waals surface area contributed by atoms with Crippen molar-refractivity contribution in [3.8, 4) is 0 Å². The van der Waals surface area contributed by atoms with Crippen molar-refractivity contribution in [3.05, 3.63) is 0 Å². The van der Waals surface area contributed by atoms with Gasteiger partial charge in [0.05, 0.1) is 24.4 Å². The molecular formula is C34H59IO3. The summed E-state index contributed by atoms with van der Waals surface area (Å²) in [5.41, 5.74) is 0.0427. The van der Waals surface area contributed by atoms with Crippen molar-refractivity contribution in [1.82, 2.24) is 0 Å². The van der Waals surface area contributed by atoms with E-state index in [1.54, 1.807) is 0 Å². The van der Waals surface area contributed by atoms with Gasteiger partial charge in [0.1, 0.15) is 23.0 Å². The largest absolute Gasteiger partial charge is 0.378 e. The van der Waals surface area contributed by atoms with Crippen LogP contribution in [-0.4, -0.2) is 31.0 Å². The summed E-state index contributed by atoms with van der Waals surface area (Å²) in [6.07, 6.45) is 22.9. The van der Waals surface area contributed by atoms with Gasteiger partial charge < -0.3 is 12.5 Å². The Hall–Kier alpha value is 0.610. The predicted octanol–water partition coefficient (Wildman–Crippen LogP) is 9.80. The van der Waals surface area contributed by atoms with Crippen LogP contribution in [0.2, 0.25) is 0 Å². The molecular weight excluding hydrogens is 583 g/mol. The molecule has 10 unspecified atom stereocenters. The van der Waals surface area contributed by atoms with Crippen molar-refractivity contribution in [1.29, 1.82) is 0 Å². The third-order valence-electron chi connectivity index (χ3n) is 12.4. The van der Waals surface area contributed by atoms with Crippen LogP contribution < -0.4 is 0 Å². The van der Waals surface area contributed by atoms with Gasteiger partial charge in [-0.15, -0.1) is 0 Å². The molecule has 0 heterocycles. The highest BCUT2D eigenvalue weighted by Gasteiger charge is 2.44. The first-order valence-corrected chi connectivity index (χ1v) is 17.8. The Morgan fingerprint density at radius 2 is 1.50 bits per heavy atom. The topological polar surface area (TPSA) is 27.7 Å². The van der Waals surface area contributed by atoms with Gasteiger partial charge in [-0.05, 0) is 118 Å². The minimum atomic E-state index is 0.0427. The number of hydrogen-bond acceptors (Lipinski definition) is 3. The molecule has 10 atom stereocenters. The molecule has 5 saturated carbocycles. The highest BCUT2D eigenvalue weighted by molar-refractivity contribution is 14.1. The summed E-state index contributed by atoms with van der Waals surface area (Å²) in [6, 6.07) is 0. The van der Waals surface area contributed by atoms with E-state index >= 15 is 0 Å². The fraction of sp³-hybridized carbons (Fsp3) is 1.00. The second-order valence-electron chi connectivity index (χ2n) is 15.1. The number of halogens is 1. The average Bonchev–Trinajstić information content (AvgIpc) is 2.92. The lowest BCUT2D eigenvalue weighted by atomic mass is 9.61. The first-order valence-electron chi connectivity index (χ1n) is 16.9. The van der Waals surface area contributed by atoms with Crippen LogP contribution >= 0.6 is 23.0 Å². The van der Waals surface area contributed by atoms with Crippen molar-refractivity contribution in [2.45, 2.75) is 148 Å². The Kier molecular flexibility index (Phi) is 10.9. The highest BCUT2D eigenvalue weighted by Crippen LogP contribution is 2.49. The van der Waals surface area contributed by atoms with Gasteiger partial charge in [0.25, 0.3) is 0 Å². The third-order valence-corrected chi connectivity index (χ3v) is 13.3. The maximum atomic E-state index is 7.00. The van der Waals surface area contributed by atoms with E-state index in [4.69, 9.17) is 12.5 Å². The Morgan fingerprint density at radius 1 is 0.789 bits per heavy atom. The molecule has 0 saturated heterocycles. The summed E-state index contributed by atoms with van der Waals surface area (Å²) in [6.45, 7) is 11.4. The maximum Gasteiger partial charge on any atom is 0.110 e. The van der Waals surface area contributed by atoms with Gasteiger partial charge in [0.2, 0.25) is 0 Å². The molecule has 5 fully saturated rings. The van der Waals surface area contributed by atoms with Crippen LogP contribution in [0.5, 0.6) is 0 Å². The van der Waals surface area contributed by atoms with Crippen LogP contribution in [0.3, 0.4) is 0 Å². The fourth-order valence-electron chi connectivity index (χ4n) is 10.2. The monoisotopic (exact) mass is 642 g/mol. The number of fused-ring (bicyclic) bond motifs is 4. The summed E-state index contributed by atoms with van der Waals surface area (Å²) in [7, 11) is 0. The Labute approximate surface area is 249 Å². The van der Waals surface area contributed by atoms with Gasteiger partial charge in [-0.2, -0.15) is 0 Å². The van der Waals surface area contributed by atoms with E-state index in [2.05, 4.69) is 50.7 Å². The molecule has 0 aromatic heterocycles. The summed E-state index contributed by atoms with van der Waals surface area (Å²) < 4.78 is 19.9. The van der Waals surface area contributed by atoms with Crippen LogP contribution in [0.15, 0.2) is 0 Å². The fourth-order valence-corrected chi connectivity index (χ4v) is 11.1. The number of ether oxygens (including phenoxy) is 2. The maximum absolute atomic E-state index is 7.00. The van der Waals surface area contributed by atoms with Crippen LogP contribution in [0.1, 0.15) is 130 Å². The minimum Gasteiger partial charge on any atom is -0.378 e. The van der Waals surface area contributed by atoms with Crippen molar-refractivity contribution in [3.63, 3.8) is 0 Å². The highest BCUT2D eigenvalue weighted by atomic mass is 127. The van der Waals surface area contributed by atoms with Gasteiger partial charge in [0.15, 0.2) is 0 Å². The van der Waals surface area contributed by atoms with Crippen LogP contribution in [0.4, 0.5) is 0 Å². The zero-order valence-corrected chi connectivity index (χ0v) is 27.3. The third kappa shape index (κ3) is 6.97. The Morgan fingerprint density at radius 3 is 2.18 bits per heavy atom. The summed E-state index contributed by atoms with van der Waals surface area (Å²) in [5.74, 6) is 7.14. The van der Waals surface area contributed by atoms with Crippen LogP contribution in [0.25, 0.3) is 0 Å². The SMILES string of the molecule is CCC(OCC1C2CCCC(C2)CC1C(C)OCC1CCCC(OI)(C(C)C)C1)C1CC2CCCC(C2)C1. The Bertz CT molecular complexity index is 717. The van der Waals surface area contributed by atoms with Gasteiger partial charge >= 0.3 is 0 Å². The van der Waals surface area contributed by atoms with Gasteiger partial charge in [-0.25, -0.2) is 0 Å². The molecule has 0 spiro atoms. The first-order chi connectivity index (χ1) is 18.4. The van der Waals surface area contributed by atoms with Crippen molar-refractivity contribution in [2.75, 3.05) is 13.2 Å². The molecule has 0 aliphatic heterocycles. The molecule has 0 aromatic rings. The van der Waals surface area contributed by atoms with E-state index in [0.717, 1.165) is 49.2 Å². The van der Waals surface area contributed by atoms with Gasteiger partial charge in [-0.3, -0.25) is 0 Å². The quantitative estimate of drug-likeness (QED) is 0.210. The van der Waals surface area contributed by atoms with Crippen molar-refractivity contribution < 1.29 is 12.5 Å². The molecule has 3 nitrogen and oxygen atoms in total. The summed E-state index contributed by atoms with van der Waals surface area (Å²) >= 11 is 2.17. The minimum absolute atomic E-state index is 0.0427. The van der Waals surface area contributed by atoms with E-state index in [0.29, 0.717) is 35.9 Å². The lowest BCUT2D eigenvalue weighted by molar-refractivity contribution is -0.110. The van der Waals surface area contributed by atoms with Crippen LogP contribution in [0, 0.1) is 53.3 Å². The Balaban J connectivity index is 1.19. The number of rotatable bonds is 11. The molecule has 38 heavy (non-hydrogen) atoms. The summed E-state index contributed by atoms with van der Waals surface area (Å²) in [5, 5.41) is 0. The van der Waals surface area contributed by atoms with Crippen molar-refractivity contribution >= 4 is 23.0 Å². The molecule has 4 heteroatoms. The zero-order chi connectivity index (χ0) is 26.7. The van der Waals surface area contributed by atoms with E-state index in [9.17, 15) is 0 Å². The smallest absolute Gasteiger partial charge is 0.110 e. The molecule has 220 valence electrons. The zero-order valence-electron chi connectivity index (χ0n) is 25.2. The molecule has 0 amide bonds. The van der Waals surface area contributed by atoms with Gasteiger partial charge in [0, 0.05) is 6.61 Å². The molecule has 4 bridgehead atoms. The molecule has 5 aliphatic carbocycles. The molecule has 0 N–H and O–H groups in total. The normalized spacial score (nSPS) is 43.1. The second kappa shape index (κ2) is 13.7. The second-order valence-corrected chi connectivity index (χ2v) is 15.5. The molecule has 0 aromatic carbocycles. The molecule has 5 rings (SSSR count). The standard InChI is InChI=1S/C34H59IO3/c1-5-33(30-17-25-9-6-10-26(15-25)18-30)37-22-32-29-13-7-11-27(16-29)19-31(32)24(4)36-21-28-12-8-14-34(20-28,38-35)23(2)3/h23-33H,5-22H2,1-4H3. The van der Waals surface area contributed by atoms with E-state index in [1.807, 2.05) is 0 Å². The van der Waals surface area contributed by atoms with E-state index < -0.39 is 0 Å². The van der Waals surface area contributed by atoms with E-state index in [-0.39, 0.29) is 5.60 Å².